The van der Waals surface area contributed by atoms with Gasteiger partial charge in [0.15, 0.2) is 17.9 Å². The standard InChI is InChI=1S/C76H89F6N15O18S3/c1-47(71(98)95-74(83)84)35-50-38-62(77)68(63(78)39-50)92-53-5-11-59(12-6-53)116(101,102)89-17-4-20-107-23-26-110-29-32-113-56-44-57(114-33-30-111-27-24-108-21-18-90-117(103,104)60-13-7-54(8-14-60)93-69-64(79)40-51(41-65(69)80)36-48(2)72(99)96-75(85)86)46-58(45-56)115-34-31-112-28-25-109-22-19-91-118(105,106)61-15-9-55(10-16-61)94-70-66(81)42-52(43-67(70)82)37-49(3)73(100)97-76(87)88/h5-16,35-46,89-94H,4,17-34H2,1-3H3,(H4,83,84,95,98)(H4,85,86,96,99)(H4,87,88,97,100)/b47-35+,48-36+,49-37+. The van der Waals surface area contributed by atoms with Gasteiger partial charge >= 0.3 is 0 Å². The van der Waals surface area contributed by atoms with E-state index in [1.54, 1.807) is 18.2 Å². The van der Waals surface area contributed by atoms with Crippen LogP contribution in [0.4, 0.5) is 60.5 Å². The van der Waals surface area contributed by atoms with Gasteiger partial charge in [-0.3, -0.25) is 14.4 Å². The number of carbonyl (C=O) groups excluding carboxylic acids is 3. The first-order valence-electron chi connectivity index (χ1n) is 35.7. The number of nitrogens with one attached hydrogen (secondary N) is 6. The molecule has 636 valence electrons. The minimum absolute atomic E-state index is 0.0180. The van der Waals surface area contributed by atoms with E-state index < -0.39 is 118 Å². The Labute approximate surface area is 676 Å². The Balaban J connectivity index is 0.807. The maximum absolute atomic E-state index is 15.0. The Morgan fingerprint density at radius 3 is 0.814 bits per heavy atom. The van der Waals surface area contributed by atoms with Crippen molar-refractivity contribution >= 4 is 118 Å². The summed E-state index contributed by atoms with van der Waals surface area (Å²) < 4.78 is 227. The van der Waals surface area contributed by atoms with Crippen LogP contribution >= 0.6 is 0 Å². The van der Waals surface area contributed by atoms with E-state index in [0.29, 0.717) is 23.7 Å². The fourth-order valence-electron chi connectivity index (χ4n) is 10.1. The summed E-state index contributed by atoms with van der Waals surface area (Å²) in [7, 11) is -12.0. The number of hydrogen-bond acceptors (Lipinski definition) is 21. The van der Waals surface area contributed by atoms with Crippen molar-refractivity contribution in [2.45, 2.75) is 41.9 Å². The molecule has 0 unspecified atom stereocenters. The Morgan fingerprint density at radius 1 is 0.331 bits per heavy atom. The van der Waals surface area contributed by atoms with E-state index in [9.17, 15) is 39.6 Å². The molecule has 42 heteroatoms. The number of amides is 3. The van der Waals surface area contributed by atoms with Crippen molar-refractivity contribution in [3.05, 3.63) is 196 Å². The van der Waals surface area contributed by atoms with Gasteiger partial charge in [0, 0.05) is 78.2 Å². The number of ether oxygens (including phenoxy) is 9. The lowest BCUT2D eigenvalue weighted by atomic mass is 10.1. The summed E-state index contributed by atoms with van der Waals surface area (Å²) in [5.74, 6) is -8.73. The third-order valence-corrected chi connectivity index (χ3v) is 20.1. The normalized spacial score (nSPS) is 12.0. The highest BCUT2D eigenvalue weighted by atomic mass is 32.2. The van der Waals surface area contributed by atoms with E-state index in [4.69, 9.17) is 77.0 Å². The fourth-order valence-corrected chi connectivity index (χ4v) is 13.2. The van der Waals surface area contributed by atoms with E-state index in [-0.39, 0.29) is 184 Å². The zero-order valence-electron chi connectivity index (χ0n) is 63.9. The molecular formula is C76H89F6N15O18S3. The zero-order chi connectivity index (χ0) is 86.0. The molecule has 0 spiro atoms. The van der Waals surface area contributed by atoms with Crippen LogP contribution in [0, 0.1) is 34.9 Å². The van der Waals surface area contributed by atoms with E-state index in [2.05, 4.69) is 45.1 Å². The molecule has 0 bridgehead atoms. The van der Waals surface area contributed by atoms with Gasteiger partial charge in [0.2, 0.25) is 30.1 Å². The number of rotatable bonds is 49. The van der Waals surface area contributed by atoms with Gasteiger partial charge in [-0.25, -0.2) is 65.8 Å². The maximum Gasteiger partial charge on any atom is 0.275 e. The Kier molecular flexibility index (Phi) is 36.8. The third-order valence-electron chi connectivity index (χ3n) is 15.6. The van der Waals surface area contributed by atoms with Gasteiger partial charge in [0.05, 0.1) is 87.4 Å². The number of halogens is 6. The van der Waals surface area contributed by atoms with E-state index in [0.717, 1.165) is 36.4 Å². The molecule has 0 atom stereocenters. The largest absolute Gasteiger partial charge is 0.491 e. The summed E-state index contributed by atoms with van der Waals surface area (Å²) in [4.78, 5) is 45.9. The smallest absolute Gasteiger partial charge is 0.275 e. The van der Waals surface area contributed by atoms with Crippen LogP contribution in [-0.2, 0) is 72.9 Å². The minimum Gasteiger partial charge on any atom is -0.491 e. The number of nitrogens with two attached hydrogens (primary N) is 6. The van der Waals surface area contributed by atoms with Gasteiger partial charge < -0.3 is 93.0 Å². The number of nitrogens with zero attached hydrogens (tertiary/aromatic N) is 3. The molecule has 0 fully saturated rings. The van der Waals surface area contributed by atoms with Crippen molar-refractivity contribution in [1.82, 2.24) is 14.2 Å². The molecule has 0 aliphatic heterocycles. The summed E-state index contributed by atoms with van der Waals surface area (Å²) in [6, 6.07) is 26.1. The molecule has 7 aromatic rings. The predicted molar refractivity (Wildman–Crippen MR) is 430 cm³/mol. The summed E-state index contributed by atoms with van der Waals surface area (Å²) in [6.07, 6.45) is 3.90. The number of aliphatic imine (C=N–C) groups is 3. The first-order chi connectivity index (χ1) is 56.1. The van der Waals surface area contributed by atoms with Crippen molar-refractivity contribution in [2.24, 2.45) is 49.4 Å². The summed E-state index contributed by atoms with van der Waals surface area (Å²) in [5, 5.41) is 7.76. The van der Waals surface area contributed by atoms with E-state index in [1.165, 1.54) is 112 Å². The molecule has 0 radical (unpaired) electrons. The highest BCUT2D eigenvalue weighted by Gasteiger charge is 2.21. The molecule has 33 nitrogen and oxygen atoms in total. The molecule has 0 aliphatic carbocycles. The quantitative estimate of drug-likeness (QED) is 0.00605. The summed E-state index contributed by atoms with van der Waals surface area (Å²) >= 11 is 0. The third kappa shape index (κ3) is 31.8. The van der Waals surface area contributed by atoms with Crippen LogP contribution < -0.4 is 78.7 Å². The Morgan fingerprint density at radius 2 is 0.559 bits per heavy atom. The molecule has 118 heavy (non-hydrogen) atoms. The molecule has 0 heterocycles. The van der Waals surface area contributed by atoms with Crippen molar-refractivity contribution in [2.75, 3.05) is 135 Å². The molecule has 0 aliphatic rings. The second-order valence-electron chi connectivity index (χ2n) is 24.9. The molecule has 18 N–H and O–H groups in total. The van der Waals surface area contributed by atoms with Gasteiger partial charge in [0.25, 0.3) is 17.7 Å². The van der Waals surface area contributed by atoms with Crippen molar-refractivity contribution in [1.29, 1.82) is 0 Å². The van der Waals surface area contributed by atoms with Crippen LogP contribution in [0.15, 0.2) is 174 Å². The first-order valence-corrected chi connectivity index (χ1v) is 40.1. The van der Waals surface area contributed by atoms with Crippen LogP contribution in [0.25, 0.3) is 18.2 Å². The lowest BCUT2D eigenvalue weighted by Crippen LogP contribution is -2.27. The lowest BCUT2D eigenvalue weighted by Gasteiger charge is -2.14. The average Bonchev–Trinajstić information content (AvgIpc) is 0.820. The molecular weight excluding hydrogens is 1620 g/mol. The van der Waals surface area contributed by atoms with Crippen LogP contribution in [-0.4, -0.2) is 180 Å². The minimum atomic E-state index is -4.03. The lowest BCUT2D eigenvalue weighted by molar-refractivity contribution is -0.115. The second kappa shape index (κ2) is 46.4. The average molecular weight is 1710 g/mol. The van der Waals surface area contributed by atoms with Crippen LogP contribution in [0.5, 0.6) is 17.2 Å². The molecule has 3 amide bonds. The van der Waals surface area contributed by atoms with Gasteiger partial charge in [0.1, 0.15) is 89.0 Å². The number of carbonyl (C=O) groups is 3. The van der Waals surface area contributed by atoms with Gasteiger partial charge in [-0.1, -0.05) is 0 Å². The predicted octanol–water partition coefficient (Wildman–Crippen LogP) is 6.92. The topological polar surface area (TPSA) is 502 Å². The molecule has 0 saturated heterocycles. The Hall–Kier alpha value is -11.6. The molecule has 7 aromatic carbocycles. The highest BCUT2D eigenvalue weighted by Crippen LogP contribution is 2.32. The zero-order valence-corrected chi connectivity index (χ0v) is 66.4. The number of sulfonamides is 3. The van der Waals surface area contributed by atoms with Gasteiger partial charge in [-0.15, -0.1) is 0 Å². The van der Waals surface area contributed by atoms with Crippen LogP contribution in [0.1, 0.15) is 43.9 Å². The monoisotopic (exact) mass is 1710 g/mol. The maximum atomic E-state index is 15.0. The van der Waals surface area contributed by atoms with E-state index in [1.807, 2.05) is 0 Å². The SMILES string of the molecule is C/C(=C\c1cc(F)c(Nc2ccc(S(=O)(=O)NCCCOCCOCCOc3cc(OCCOCCOCCNS(=O)(=O)c4ccc(Nc5c(F)cc(/C=C(\C)C(=O)N=C(N)N)cc5F)cc4)cc(OCCOCCOCCNS(=O)(=O)c4ccc(Nc5c(F)cc(/C=C(\C)C(=O)N=C(N)N)cc5F)cc4)c3)cc2)c(F)c1)C(=O)N=C(N)N. The van der Waals surface area contributed by atoms with E-state index >= 15 is 26.3 Å². The van der Waals surface area contributed by atoms with Crippen LogP contribution in [0.2, 0.25) is 0 Å². The van der Waals surface area contributed by atoms with Crippen molar-refractivity contribution < 1.29 is 109 Å². The van der Waals surface area contributed by atoms with Gasteiger partial charge in [-0.2, -0.15) is 15.0 Å². The number of benzene rings is 7. The van der Waals surface area contributed by atoms with Gasteiger partial charge in [-0.05, 0) is 171 Å². The fraction of sp³-hybridized carbons (Fsp3) is 0.289. The summed E-state index contributed by atoms with van der Waals surface area (Å²) in [5.41, 5.74) is 30.4. The number of anilines is 6. The first kappa shape index (κ1) is 93.6. The van der Waals surface area contributed by atoms with Crippen molar-refractivity contribution in [3.63, 3.8) is 0 Å². The molecule has 0 aromatic heterocycles. The van der Waals surface area contributed by atoms with Crippen molar-refractivity contribution in [3.8, 4) is 17.2 Å². The Bertz CT molecular complexity index is 4880. The number of hydrogen-bond donors (Lipinski definition) is 12. The number of guanidine groups is 3. The van der Waals surface area contributed by atoms with Crippen LogP contribution in [0.3, 0.4) is 0 Å². The summed E-state index contributed by atoms with van der Waals surface area (Å²) in [6.45, 7) is 5.35. The highest BCUT2D eigenvalue weighted by molar-refractivity contribution is 7.90. The second-order valence-corrected chi connectivity index (χ2v) is 30.2. The molecule has 7 rings (SSSR count). The molecule has 0 saturated carbocycles.